The van der Waals surface area contributed by atoms with Crippen molar-refractivity contribution in [3.63, 3.8) is 0 Å². The molecule has 0 aromatic heterocycles. The number of hydrogen-bond donors (Lipinski definition) is 1. The molecule has 0 aliphatic heterocycles. The summed E-state index contributed by atoms with van der Waals surface area (Å²) in [5, 5.41) is 0. The molecule has 2 aromatic rings. The Bertz CT molecular complexity index is 806. The lowest BCUT2D eigenvalue weighted by Crippen LogP contribution is -2.15. The summed E-state index contributed by atoms with van der Waals surface area (Å²) in [5.74, 6) is -0.999. The van der Waals surface area contributed by atoms with Crippen LogP contribution in [0.3, 0.4) is 0 Å². The Balaban J connectivity index is 2.43. The van der Waals surface area contributed by atoms with Gasteiger partial charge >= 0.3 is 6.18 Å². The molecular formula is C13H8BrF4NO2S. The van der Waals surface area contributed by atoms with E-state index in [1.54, 1.807) is 0 Å². The van der Waals surface area contributed by atoms with Crippen LogP contribution in [0.25, 0.3) is 0 Å². The molecule has 0 radical (unpaired) electrons. The largest absolute Gasteiger partial charge is 0.416 e. The van der Waals surface area contributed by atoms with Crippen LogP contribution in [0, 0.1) is 5.82 Å². The van der Waals surface area contributed by atoms with Gasteiger partial charge in [0.25, 0.3) is 10.0 Å². The van der Waals surface area contributed by atoms with Gasteiger partial charge in [-0.25, -0.2) is 12.8 Å². The maximum absolute atomic E-state index is 13.5. The summed E-state index contributed by atoms with van der Waals surface area (Å²) in [5.41, 5.74) is -1.36. The summed E-state index contributed by atoms with van der Waals surface area (Å²) in [4.78, 5) is -0.650. The molecule has 0 fully saturated rings. The Labute approximate surface area is 132 Å². The third-order valence-corrected chi connectivity index (χ3v) is 4.48. The van der Waals surface area contributed by atoms with E-state index in [9.17, 15) is 26.0 Å². The standard InChI is InChI=1S/C13H8BrF4NO2S/c14-9-5-8(13(16,17)18)6-10(7-9)19-22(20,21)12-4-2-1-3-11(12)15/h1-7,19H. The summed E-state index contributed by atoms with van der Waals surface area (Å²) in [6.45, 7) is 0. The van der Waals surface area contributed by atoms with Crippen LogP contribution < -0.4 is 4.72 Å². The van der Waals surface area contributed by atoms with Crippen LogP contribution in [0.1, 0.15) is 5.56 Å². The van der Waals surface area contributed by atoms with E-state index in [1.165, 1.54) is 12.1 Å². The predicted octanol–water partition coefficient (Wildman–Crippen LogP) is 4.41. The molecule has 2 aromatic carbocycles. The summed E-state index contributed by atoms with van der Waals surface area (Å²) < 4.78 is 77.7. The predicted molar refractivity (Wildman–Crippen MR) is 76.4 cm³/mol. The maximum atomic E-state index is 13.5. The van der Waals surface area contributed by atoms with Crippen molar-refractivity contribution in [3.05, 3.63) is 58.3 Å². The van der Waals surface area contributed by atoms with E-state index < -0.39 is 32.5 Å². The summed E-state index contributed by atoms with van der Waals surface area (Å²) in [6, 6.07) is 7.14. The van der Waals surface area contributed by atoms with Crippen LogP contribution in [-0.4, -0.2) is 8.42 Å². The Morgan fingerprint density at radius 1 is 1.05 bits per heavy atom. The number of alkyl halides is 3. The number of sulfonamides is 1. The Hall–Kier alpha value is -1.61. The van der Waals surface area contributed by atoms with Crippen LogP contribution >= 0.6 is 15.9 Å². The number of benzene rings is 2. The lowest BCUT2D eigenvalue weighted by Gasteiger charge is -2.12. The van der Waals surface area contributed by atoms with Crippen molar-refractivity contribution in [2.45, 2.75) is 11.1 Å². The minimum absolute atomic E-state index is 0.0357. The lowest BCUT2D eigenvalue weighted by atomic mass is 10.2. The lowest BCUT2D eigenvalue weighted by molar-refractivity contribution is -0.137. The number of rotatable bonds is 3. The average Bonchev–Trinajstić information content (AvgIpc) is 2.36. The molecule has 0 heterocycles. The fourth-order valence-electron chi connectivity index (χ4n) is 1.69. The Morgan fingerprint density at radius 2 is 1.68 bits per heavy atom. The molecule has 3 nitrogen and oxygen atoms in total. The van der Waals surface area contributed by atoms with Crippen molar-refractivity contribution >= 4 is 31.6 Å². The molecule has 118 valence electrons. The van der Waals surface area contributed by atoms with Crippen molar-refractivity contribution in [1.82, 2.24) is 0 Å². The highest BCUT2D eigenvalue weighted by Crippen LogP contribution is 2.34. The molecule has 0 spiro atoms. The van der Waals surface area contributed by atoms with Crippen LogP contribution in [0.5, 0.6) is 0 Å². The zero-order valence-corrected chi connectivity index (χ0v) is 13.1. The van der Waals surface area contributed by atoms with Gasteiger partial charge in [0, 0.05) is 4.47 Å². The molecule has 0 atom stereocenters. The topological polar surface area (TPSA) is 46.2 Å². The van der Waals surface area contributed by atoms with E-state index in [4.69, 9.17) is 0 Å². The van der Waals surface area contributed by atoms with Crippen LogP contribution in [0.15, 0.2) is 51.8 Å². The number of anilines is 1. The first-order valence-corrected chi connectivity index (χ1v) is 8.02. The first kappa shape index (κ1) is 16.8. The number of hydrogen-bond acceptors (Lipinski definition) is 2. The Kier molecular flexibility index (Phi) is 4.48. The highest BCUT2D eigenvalue weighted by molar-refractivity contribution is 9.10. The molecule has 9 heteroatoms. The van der Waals surface area contributed by atoms with Crippen molar-refractivity contribution < 1.29 is 26.0 Å². The minimum Gasteiger partial charge on any atom is -0.279 e. The average molecular weight is 398 g/mol. The zero-order valence-electron chi connectivity index (χ0n) is 10.7. The third kappa shape index (κ3) is 3.77. The fraction of sp³-hybridized carbons (Fsp3) is 0.0769. The molecule has 0 saturated carbocycles. The smallest absolute Gasteiger partial charge is 0.279 e. The molecular weight excluding hydrogens is 390 g/mol. The molecule has 0 aliphatic carbocycles. The van der Waals surface area contributed by atoms with E-state index in [2.05, 4.69) is 15.9 Å². The fourth-order valence-corrected chi connectivity index (χ4v) is 3.30. The van der Waals surface area contributed by atoms with Gasteiger partial charge in [-0.3, -0.25) is 4.72 Å². The van der Waals surface area contributed by atoms with Gasteiger partial charge in [0.1, 0.15) is 10.7 Å². The number of halogens is 5. The molecule has 0 amide bonds. The van der Waals surface area contributed by atoms with Gasteiger partial charge in [-0.05, 0) is 30.3 Å². The van der Waals surface area contributed by atoms with Crippen molar-refractivity contribution in [1.29, 1.82) is 0 Å². The summed E-state index contributed by atoms with van der Waals surface area (Å²) in [7, 11) is -4.34. The van der Waals surface area contributed by atoms with Crippen LogP contribution in [-0.2, 0) is 16.2 Å². The van der Waals surface area contributed by atoms with E-state index >= 15 is 0 Å². The van der Waals surface area contributed by atoms with Gasteiger partial charge < -0.3 is 0 Å². The first-order valence-electron chi connectivity index (χ1n) is 5.75. The first-order chi connectivity index (χ1) is 10.1. The molecule has 0 bridgehead atoms. The van der Waals surface area contributed by atoms with E-state index in [1.807, 2.05) is 4.72 Å². The monoisotopic (exact) mass is 397 g/mol. The molecule has 2 rings (SSSR count). The molecule has 0 aliphatic rings. The highest BCUT2D eigenvalue weighted by atomic mass is 79.9. The zero-order chi connectivity index (χ0) is 16.5. The highest BCUT2D eigenvalue weighted by Gasteiger charge is 2.31. The van der Waals surface area contributed by atoms with Crippen LogP contribution in [0.4, 0.5) is 23.2 Å². The number of nitrogens with one attached hydrogen (secondary N) is 1. The quantitative estimate of drug-likeness (QED) is 0.779. The SMILES string of the molecule is O=S(=O)(Nc1cc(Br)cc(C(F)(F)F)c1)c1ccccc1F. The van der Waals surface area contributed by atoms with E-state index in [-0.39, 0.29) is 10.2 Å². The molecule has 22 heavy (non-hydrogen) atoms. The van der Waals surface area contributed by atoms with E-state index in [0.29, 0.717) is 6.07 Å². The second-order valence-corrected chi connectivity index (χ2v) is 6.83. The van der Waals surface area contributed by atoms with Crippen molar-refractivity contribution in [2.24, 2.45) is 0 Å². The van der Waals surface area contributed by atoms with Gasteiger partial charge in [0.2, 0.25) is 0 Å². The summed E-state index contributed by atoms with van der Waals surface area (Å²) in [6.07, 6.45) is -4.64. The van der Waals surface area contributed by atoms with Gasteiger partial charge in [-0.15, -0.1) is 0 Å². The second-order valence-electron chi connectivity index (χ2n) is 4.26. The van der Waals surface area contributed by atoms with Crippen molar-refractivity contribution in [2.75, 3.05) is 4.72 Å². The minimum atomic E-state index is -4.64. The summed E-state index contributed by atoms with van der Waals surface area (Å²) >= 11 is 2.87. The molecule has 0 saturated heterocycles. The third-order valence-electron chi connectivity index (χ3n) is 2.60. The normalized spacial score (nSPS) is 12.2. The van der Waals surface area contributed by atoms with Gasteiger partial charge in [-0.1, -0.05) is 28.1 Å². The second kappa shape index (κ2) is 5.88. The van der Waals surface area contributed by atoms with Gasteiger partial charge in [0.05, 0.1) is 11.3 Å². The Morgan fingerprint density at radius 3 is 2.27 bits per heavy atom. The van der Waals surface area contributed by atoms with Crippen LogP contribution in [0.2, 0.25) is 0 Å². The maximum Gasteiger partial charge on any atom is 0.416 e. The van der Waals surface area contributed by atoms with Gasteiger partial charge in [0.15, 0.2) is 0 Å². The van der Waals surface area contributed by atoms with Crippen molar-refractivity contribution in [3.8, 4) is 0 Å². The molecule has 0 unspecified atom stereocenters. The van der Waals surface area contributed by atoms with Gasteiger partial charge in [-0.2, -0.15) is 13.2 Å². The van der Waals surface area contributed by atoms with E-state index in [0.717, 1.165) is 24.3 Å². The molecule has 1 N–H and O–H groups in total.